The van der Waals surface area contributed by atoms with Crippen LogP contribution in [-0.2, 0) is 21.3 Å². The van der Waals surface area contributed by atoms with Gasteiger partial charge in [-0.05, 0) is 17.2 Å². The number of methoxy groups -OCH3 is 1. The van der Waals surface area contributed by atoms with Gasteiger partial charge in [0.15, 0.2) is 0 Å². The van der Waals surface area contributed by atoms with E-state index in [1.165, 1.54) is 13.2 Å². The van der Waals surface area contributed by atoms with Gasteiger partial charge < -0.3 is 4.74 Å². The summed E-state index contributed by atoms with van der Waals surface area (Å²) in [5.41, 5.74) is 1.30. The van der Waals surface area contributed by atoms with Crippen LogP contribution in [0.5, 0.6) is 0 Å². The van der Waals surface area contributed by atoms with Crippen LogP contribution in [0.3, 0.4) is 0 Å². The Morgan fingerprint density at radius 1 is 1.57 bits per heavy atom. The van der Waals surface area contributed by atoms with Gasteiger partial charge in [-0.15, -0.1) is 0 Å². The quantitative estimate of drug-likeness (QED) is 0.617. The summed E-state index contributed by atoms with van der Waals surface area (Å²) in [6.07, 6.45) is 0.177. The van der Waals surface area contributed by atoms with Crippen LogP contribution in [0.2, 0.25) is 0 Å². The van der Waals surface area contributed by atoms with Gasteiger partial charge in [-0.25, -0.2) is 4.39 Å². The van der Waals surface area contributed by atoms with Crippen molar-refractivity contribution in [1.82, 2.24) is 0 Å². The van der Waals surface area contributed by atoms with Gasteiger partial charge in [0, 0.05) is 5.33 Å². The number of rotatable bonds is 3. The van der Waals surface area contributed by atoms with Crippen molar-refractivity contribution >= 4 is 21.9 Å². The first-order valence-electron chi connectivity index (χ1n) is 4.07. The molecule has 4 heteroatoms. The fraction of sp³-hybridized carbons (Fsp3) is 0.300. The highest BCUT2D eigenvalue weighted by molar-refractivity contribution is 9.08. The molecule has 0 aliphatic heterocycles. The van der Waals surface area contributed by atoms with E-state index in [0.29, 0.717) is 10.9 Å². The molecule has 0 bridgehead atoms. The average molecular weight is 261 g/mol. The molecule has 14 heavy (non-hydrogen) atoms. The molecule has 0 unspecified atom stereocenters. The Balaban J connectivity index is 2.84. The van der Waals surface area contributed by atoms with E-state index in [1.807, 2.05) is 0 Å². The summed E-state index contributed by atoms with van der Waals surface area (Å²) in [6.45, 7) is 0. The number of hydrogen-bond donors (Lipinski definition) is 0. The molecule has 0 heterocycles. The van der Waals surface area contributed by atoms with E-state index in [2.05, 4.69) is 20.7 Å². The smallest absolute Gasteiger partial charge is 0.309 e. The summed E-state index contributed by atoms with van der Waals surface area (Å²) in [7, 11) is 1.33. The molecule has 0 atom stereocenters. The minimum Gasteiger partial charge on any atom is -0.469 e. The lowest BCUT2D eigenvalue weighted by molar-refractivity contribution is -0.139. The van der Waals surface area contributed by atoms with E-state index < -0.39 is 0 Å². The van der Waals surface area contributed by atoms with E-state index in [4.69, 9.17) is 0 Å². The second-order valence-electron chi connectivity index (χ2n) is 2.81. The van der Waals surface area contributed by atoms with Crippen LogP contribution in [0.25, 0.3) is 0 Å². The van der Waals surface area contributed by atoms with Crippen molar-refractivity contribution in [2.45, 2.75) is 11.8 Å². The van der Waals surface area contributed by atoms with E-state index >= 15 is 0 Å². The Labute approximate surface area is 90.2 Å². The van der Waals surface area contributed by atoms with Crippen LogP contribution in [0.4, 0.5) is 4.39 Å². The van der Waals surface area contributed by atoms with Crippen molar-refractivity contribution in [2.24, 2.45) is 0 Å². The zero-order valence-corrected chi connectivity index (χ0v) is 9.30. The highest BCUT2D eigenvalue weighted by Crippen LogP contribution is 2.14. The number of ether oxygens (including phenoxy) is 1. The van der Waals surface area contributed by atoms with Crippen molar-refractivity contribution in [3.05, 3.63) is 35.1 Å². The zero-order valence-electron chi connectivity index (χ0n) is 7.72. The molecule has 0 aromatic heterocycles. The van der Waals surface area contributed by atoms with Crippen LogP contribution >= 0.6 is 15.9 Å². The molecule has 0 amide bonds. The molecule has 0 N–H and O–H groups in total. The molecule has 1 aromatic carbocycles. The predicted octanol–water partition coefficient (Wildman–Crippen LogP) is 2.44. The molecule has 0 aliphatic carbocycles. The fourth-order valence-corrected chi connectivity index (χ4v) is 1.51. The first kappa shape index (κ1) is 11.2. The second kappa shape index (κ2) is 5.10. The van der Waals surface area contributed by atoms with Gasteiger partial charge in [-0.3, -0.25) is 4.79 Å². The second-order valence-corrected chi connectivity index (χ2v) is 3.37. The third-order valence-corrected chi connectivity index (χ3v) is 2.43. The summed E-state index contributed by atoms with van der Waals surface area (Å²) in [4.78, 5) is 10.9. The molecular weight excluding hydrogens is 251 g/mol. The number of esters is 1. The molecule has 0 fully saturated rings. The number of hydrogen-bond acceptors (Lipinski definition) is 2. The van der Waals surface area contributed by atoms with E-state index in [-0.39, 0.29) is 18.2 Å². The average Bonchev–Trinajstić information content (AvgIpc) is 2.20. The van der Waals surface area contributed by atoms with Crippen molar-refractivity contribution in [2.75, 3.05) is 7.11 Å². The molecule has 0 spiro atoms. The van der Waals surface area contributed by atoms with Crippen molar-refractivity contribution in [1.29, 1.82) is 0 Å². The maximum Gasteiger partial charge on any atom is 0.309 e. The summed E-state index contributed by atoms with van der Waals surface area (Å²) >= 11 is 3.17. The molecule has 1 rings (SSSR count). The maximum atomic E-state index is 13.0. The first-order chi connectivity index (χ1) is 6.67. The maximum absolute atomic E-state index is 13.0. The molecule has 2 nitrogen and oxygen atoms in total. The van der Waals surface area contributed by atoms with Crippen molar-refractivity contribution < 1.29 is 13.9 Å². The van der Waals surface area contributed by atoms with Gasteiger partial charge in [0.25, 0.3) is 0 Å². The molecule has 1 aromatic rings. The number of benzene rings is 1. The predicted molar refractivity (Wildman–Crippen MR) is 54.8 cm³/mol. The Morgan fingerprint density at radius 3 is 2.86 bits per heavy atom. The number of carbonyl (C=O) groups excluding carboxylic acids is 1. The lowest BCUT2D eigenvalue weighted by atomic mass is 10.1. The Morgan fingerprint density at radius 2 is 2.29 bits per heavy atom. The summed E-state index contributed by atoms with van der Waals surface area (Å²) in [5, 5.41) is 0.438. The van der Waals surface area contributed by atoms with Crippen molar-refractivity contribution in [3.8, 4) is 0 Å². The van der Waals surface area contributed by atoms with Crippen LogP contribution in [0.15, 0.2) is 18.2 Å². The van der Waals surface area contributed by atoms with Gasteiger partial charge in [0.05, 0.1) is 13.5 Å². The Bertz CT molecular complexity index is 339. The van der Waals surface area contributed by atoms with E-state index in [9.17, 15) is 9.18 Å². The van der Waals surface area contributed by atoms with Crippen LogP contribution in [-0.4, -0.2) is 13.1 Å². The third-order valence-electron chi connectivity index (χ3n) is 1.83. The third kappa shape index (κ3) is 2.80. The zero-order chi connectivity index (χ0) is 10.6. The fourth-order valence-electron chi connectivity index (χ4n) is 1.08. The van der Waals surface area contributed by atoms with Crippen LogP contribution in [0.1, 0.15) is 11.1 Å². The standard InChI is InChI=1S/C10H10BrFO2/c1-14-10(13)5-7-2-3-9(12)8(4-7)6-11/h2-4H,5-6H2,1H3. The minimum absolute atomic E-state index is 0.177. The summed E-state index contributed by atoms with van der Waals surface area (Å²) in [6, 6.07) is 4.59. The summed E-state index contributed by atoms with van der Waals surface area (Å²) < 4.78 is 17.6. The molecule has 76 valence electrons. The van der Waals surface area contributed by atoms with Gasteiger partial charge in [-0.1, -0.05) is 28.1 Å². The normalized spacial score (nSPS) is 9.93. The molecule has 0 radical (unpaired) electrons. The molecular formula is C10H10BrFO2. The monoisotopic (exact) mass is 260 g/mol. The highest BCUT2D eigenvalue weighted by atomic mass is 79.9. The SMILES string of the molecule is COC(=O)Cc1ccc(F)c(CBr)c1. The molecule has 0 saturated carbocycles. The van der Waals surface area contributed by atoms with Crippen molar-refractivity contribution in [3.63, 3.8) is 0 Å². The molecule has 0 saturated heterocycles. The highest BCUT2D eigenvalue weighted by Gasteiger charge is 2.06. The molecule has 0 aliphatic rings. The largest absolute Gasteiger partial charge is 0.469 e. The summed E-state index contributed by atoms with van der Waals surface area (Å²) in [5.74, 6) is -0.590. The minimum atomic E-state index is -0.322. The van der Waals surface area contributed by atoms with E-state index in [1.54, 1.807) is 12.1 Å². The Kier molecular flexibility index (Phi) is 4.07. The van der Waals surface area contributed by atoms with E-state index in [0.717, 1.165) is 5.56 Å². The Hall–Kier alpha value is -0.900. The lowest BCUT2D eigenvalue weighted by Gasteiger charge is -2.03. The lowest BCUT2D eigenvalue weighted by Crippen LogP contribution is -2.05. The van der Waals surface area contributed by atoms with Crippen LogP contribution in [0, 0.1) is 5.82 Å². The van der Waals surface area contributed by atoms with Gasteiger partial charge in [0.2, 0.25) is 0 Å². The first-order valence-corrected chi connectivity index (χ1v) is 5.19. The number of alkyl halides is 1. The number of halogens is 2. The van der Waals surface area contributed by atoms with Gasteiger partial charge >= 0.3 is 5.97 Å². The number of carbonyl (C=O) groups is 1. The van der Waals surface area contributed by atoms with Crippen LogP contribution < -0.4 is 0 Å². The van der Waals surface area contributed by atoms with Gasteiger partial charge in [0.1, 0.15) is 5.82 Å². The topological polar surface area (TPSA) is 26.3 Å². The van der Waals surface area contributed by atoms with Gasteiger partial charge in [-0.2, -0.15) is 0 Å².